The number of ether oxygens (including phenoxy) is 3. The van der Waals surface area contributed by atoms with Crippen molar-refractivity contribution in [1.29, 1.82) is 0 Å². The van der Waals surface area contributed by atoms with Gasteiger partial charge in [-0.2, -0.15) is 0 Å². The molecule has 2 aromatic carbocycles. The Balaban J connectivity index is 1.65. The molecule has 0 aromatic heterocycles. The summed E-state index contributed by atoms with van der Waals surface area (Å²) in [6, 6.07) is 11.5. The second-order valence-electron chi connectivity index (χ2n) is 5.69. The number of carbonyl (C=O) groups excluding carboxylic acids is 1. The van der Waals surface area contributed by atoms with Gasteiger partial charge in [-0.15, -0.1) is 0 Å². The molecule has 0 radical (unpaired) electrons. The van der Waals surface area contributed by atoms with Crippen LogP contribution in [0.1, 0.15) is 16.7 Å². The van der Waals surface area contributed by atoms with Gasteiger partial charge in [0, 0.05) is 12.1 Å². The van der Waals surface area contributed by atoms with Crippen LogP contribution in [-0.4, -0.2) is 26.2 Å². The van der Waals surface area contributed by atoms with E-state index in [2.05, 4.69) is 5.32 Å². The van der Waals surface area contributed by atoms with Crippen LogP contribution in [0.2, 0.25) is 0 Å². The summed E-state index contributed by atoms with van der Waals surface area (Å²) in [4.78, 5) is 12.3. The molecule has 1 heterocycles. The maximum absolute atomic E-state index is 12.3. The van der Waals surface area contributed by atoms with Crippen LogP contribution in [0.5, 0.6) is 17.2 Å². The maximum atomic E-state index is 12.3. The summed E-state index contributed by atoms with van der Waals surface area (Å²) < 4.78 is 16.4. The van der Waals surface area contributed by atoms with E-state index in [1.165, 1.54) is 0 Å². The Kier molecular flexibility index (Phi) is 4.89. The molecule has 0 saturated carbocycles. The van der Waals surface area contributed by atoms with Crippen molar-refractivity contribution in [2.24, 2.45) is 0 Å². The third kappa shape index (κ3) is 3.62. The van der Waals surface area contributed by atoms with Gasteiger partial charge >= 0.3 is 0 Å². The Morgan fingerprint density at radius 2 is 1.83 bits per heavy atom. The van der Waals surface area contributed by atoms with Crippen LogP contribution in [0.3, 0.4) is 0 Å². The standard InChI is InChI=1S/C19H21NO4/c1-13-9-17-18(24-8-7-23-17)10-15(13)11-19(21)20-12-14-5-3-4-6-16(14)22-2/h3-6,9-10H,7-8,11-12H2,1-2H3,(H,20,21). The summed E-state index contributed by atoms with van der Waals surface area (Å²) in [7, 11) is 1.62. The fourth-order valence-electron chi connectivity index (χ4n) is 2.70. The molecule has 126 valence electrons. The number of fused-ring (bicyclic) bond motifs is 1. The Morgan fingerprint density at radius 3 is 2.58 bits per heavy atom. The number of rotatable bonds is 5. The van der Waals surface area contributed by atoms with Gasteiger partial charge in [-0.1, -0.05) is 18.2 Å². The van der Waals surface area contributed by atoms with E-state index in [0.717, 1.165) is 28.2 Å². The van der Waals surface area contributed by atoms with E-state index < -0.39 is 0 Å². The minimum Gasteiger partial charge on any atom is -0.496 e. The molecule has 1 aliphatic rings. The number of hydrogen-bond acceptors (Lipinski definition) is 4. The number of nitrogens with one attached hydrogen (secondary N) is 1. The second-order valence-corrected chi connectivity index (χ2v) is 5.69. The molecular formula is C19H21NO4. The molecule has 1 amide bonds. The zero-order valence-corrected chi connectivity index (χ0v) is 13.9. The van der Waals surface area contributed by atoms with Crippen molar-refractivity contribution in [2.75, 3.05) is 20.3 Å². The van der Waals surface area contributed by atoms with Crippen LogP contribution in [0.15, 0.2) is 36.4 Å². The van der Waals surface area contributed by atoms with Crippen LogP contribution in [0.25, 0.3) is 0 Å². The van der Waals surface area contributed by atoms with E-state index in [1.807, 2.05) is 43.3 Å². The van der Waals surface area contributed by atoms with Crippen LogP contribution in [-0.2, 0) is 17.8 Å². The predicted molar refractivity (Wildman–Crippen MR) is 90.7 cm³/mol. The number of methoxy groups -OCH3 is 1. The van der Waals surface area contributed by atoms with Gasteiger partial charge < -0.3 is 19.5 Å². The molecule has 2 aromatic rings. The average molecular weight is 327 g/mol. The molecule has 0 bridgehead atoms. The number of hydrogen-bond donors (Lipinski definition) is 1. The molecule has 5 heteroatoms. The van der Waals surface area contributed by atoms with Crippen molar-refractivity contribution in [3.05, 3.63) is 53.1 Å². The number of benzene rings is 2. The normalized spacial score (nSPS) is 12.6. The van der Waals surface area contributed by atoms with Crippen molar-refractivity contribution in [1.82, 2.24) is 5.32 Å². The first kappa shape index (κ1) is 16.2. The highest BCUT2D eigenvalue weighted by molar-refractivity contribution is 5.79. The lowest BCUT2D eigenvalue weighted by molar-refractivity contribution is -0.120. The van der Waals surface area contributed by atoms with Gasteiger partial charge in [-0.3, -0.25) is 4.79 Å². The fraction of sp³-hybridized carbons (Fsp3) is 0.316. The van der Waals surface area contributed by atoms with Gasteiger partial charge in [0.25, 0.3) is 0 Å². The highest BCUT2D eigenvalue weighted by Gasteiger charge is 2.16. The van der Waals surface area contributed by atoms with E-state index in [9.17, 15) is 4.79 Å². The lowest BCUT2D eigenvalue weighted by Crippen LogP contribution is -2.25. The average Bonchev–Trinajstić information content (AvgIpc) is 2.61. The second kappa shape index (κ2) is 7.25. The summed E-state index contributed by atoms with van der Waals surface area (Å²) in [5.74, 6) is 2.19. The molecule has 1 N–H and O–H groups in total. The van der Waals surface area contributed by atoms with Crippen molar-refractivity contribution in [3.63, 3.8) is 0 Å². The van der Waals surface area contributed by atoms with Crippen molar-refractivity contribution < 1.29 is 19.0 Å². The summed E-state index contributed by atoms with van der Waals surface area (Å²) >= 11 is 0. The monoisotopic (exact) mass is 327 g/mol. The summed E-state index contributed by atoms with van der Waals surface area (Å²) in [5, 5.41) is 2.94. The van der Waals surface area contributed by atoms with Crippen molar-refractivity contribution in [3.8, 4) is 17.2 Å². The highest BCUT2D eigenvalue weighted by Crippen LogP contribution is 2.33. The smallest absolute Gasteiger partial charge is 0.224 e. The van der Waals surface area contributed by atoms with Crippen LogP contribution >= 0.6 is 0 Å². The maximum Gasteiger partial charge on any atom is 0.224 e. The summed E-state index contributed by atoms with van der Waals surface area (Å²) in [6.07, 6.45) is 0.303. The summed E-state index contributed by atoms with van der Waals surface area (Å²) in [6.45, 7) is 3.51. The molecular weight excluding hydrogens is 306 g/mol. The third-order valence-electron chi connectivity index (χ3n) is 4.02. The molecule has 0 saturated heterocycles. The predicted octanol–water partition coefficient (Wildman–Crippen LogP) is 2.63. The van der Waals surface area contributed by atoms with E-state index >= 15 is 0 Å². The van der Waals surface area contributed by atoms with Gasteiger partial charge in [-0.05, 0) is 36.2 Å². The zero-order valence-electron chi connectivity index (χ0n) is 13.9. The van der Waals surface area contributed by atoms with Crippen LogP contribution < -0.4 is 19.5 Å². The van der Waals surface area contributed by atoms with Gasteiger partial charge in [-0.25, -0.2) is 0 Å². The Labute approximate surface area is 141 Å². The number of carbonyl (C=O) groups is 1. The zero-order chi connectivity index (χ0) is 16.9. The van der Waals surface area contributed by atoms with Gasteiger partial charge in [0.05, 0.1) is 13.5 Å². The van der Waals surface area contributed by atoms with Crippen LogP contribution in [0, 0.1) is 6.92 Å². The van der Waals surface area contributed by atoms with E-state index in [1.54, 1.807) is 7.11 Å². The Morgan fingerprint density at radius 1 is 1.12 bits per heavy atom. The van der Waals surface area contributed by atoms with Crippen molar-refractivity contribution in [2.45, 2.75) is 19.9 Å². The molecule has 1 aliphatic heterocycles. The molecule has 0 atom stereocenters. The lowest BCUT2D eigenvalue weighted by atomic mass is 10.0. The fourth-order valence-corrected chi connectivity index (χ4v) is 2.70. The molecule has 5 nitrogen and oxygen atoms in total. The minimum atomic E-state index is -0.0410. The molecule has 24 heavy (non-hydrogen) atoms. The number of para-hydroxylation sites is 1. The molecule has 0 unspecified atom stereocenters. The number of aryl methyl sites for hydroxylation is 1. The van der Waals surface area contributed by atoms with E-state index in [4.69, 9.17) is 14.2 Å². The Bertz CT molecular complexity index is 742. The minimum absolute atomic E-state index is 0.0410. The van der Waals surface area contributed by atoms with Gasteiger partial charge in [0.2, 0.25) is 5.91 Å². The van der Waals surface area contributed by atoms with Crippen molar-refractivity contribution >= 4 is 5.91 Å². The first-order chi connectivity index (χ1) is 11.7. The first-order valence-corrected chi connectivity index (χ1v) is 7.95. The molecule has 0 spiro atoms. The first-order valence-electron chi connectivity index (χ1n) is 7.95. The van der Waals surface area contributed by atoms with Gasteiger partial charge in [0.1, 0.15) is 19.0 Å². The molecule has 0 fully saturated rings. The lowest BCUT2D eigenvalue weighted by Gasteiger charge is -2.20. The van der Waals surface area contributed by atoms with E-state index in [-0.39, 0.29) is 5.91 Å². The molecule has 0 aliphatic carbocycles. The highest BCUT2D eigenvalue weighted by atomic mass is 16.6. The number of amides is 1. The SMILES string of the molecule is COc1ccccc1CNC(=O)Cc1cc2c(cc1C)OCCO2. The van der Waals surface area contributed by atoms with E-state index in [0.29, 0.717) is 31.9 Å². The largest absolute Gasteiger partial charge is 0.496 e. The third-order valence-corrected chi connectivity index (χ3v) is 4.02. The summed E-state index contributed by atoms with van der Waals surface area (Å²) in [5.41, 5.74) is 2.91. The van der Waals surface area contributed by atoms with Crippen LogP contribution in [0.4, 0.5) is 0 Å². The molecule has 3 rings (SSSR count). The van der Waals surface area contributed by atoms with Gasteiger partial charge in [0.15, 0.2) is 11.5 Å². The Hall–Kier alpha value is -2.69. The quantitative estimate of drug-likeness (QED) is 0.917. The topological polar surface area (TPSA) is 56.8 Å².